The minimum atomic E-state index is -0.624. The minimum absolute atomic E-state index is 0.122. The Morgan fingerprint density at radius 1 is 1.42 bits per heavy atom. The van der Waals surface area contributed by atoms with Crippen LogP contribution >= 0.6 is 11.3 Å². The molecule has 0 atom stereocenters. The summed E-state index contributed by atoms with van der Waals surface area (Å²) < 4.78 is 26.9. The third kappa shape index (κ3) is 4.08. The standard InChI is InChI=1S/C17H19F2N3OS/c1-2-14-8-20-16(24-14)9-21-17(23)22(13-5-6-13)10-11-3-4-12(18)7-15(11)19/h3-4,7-8,13H,2,5-6,9-10H2,1H3,(H,21,23). The van der Waals surface area contributed by atoms with E-state index in [0.29, 0.717) is 12.1 Å². The van der Waals surface area contributed by atoms with Crippen LogP contribution in [-0.4, -0.2) is 22.0 Å². The number of hydrogen-bond donors (Lipinski definition) is 1. The van der Waals surface area contributed by atoms with Crippen LogP contribution in [-0.2, 0) is 19.5 Å². The molecule has 7 heteroatoms. The van der Waals surface area contributed by atoms with E-state index in [-0.39, 0.29) is 18.6 Å². The van der Waals surface area contributed by atoms with E-state index in [0.717, 1.165) is 30.3 Å². The molecular formula is C17H19F2N3OS. The van der Waals surface area contributed by atoms with E-state index in [1.165, 1.54) is 17.0 Å². The van der Waals surface area contributed by atoms with E-state index in [1.807, 2.05) is 6.20 Å². The zero-order chi connectivity index (χ0) is 17.1. The monoisotopic (exact) mass is 351 g/mol. The summed E-state index contributed by atoms with van der Waals surface area (Å²) in [4.78, 5) is 19.5. The number of carbonyl (C=O) groups excluding carboxylic acids is 1. The van der Waals surface area contributed by atoms with Crippen LogP contribution in [0, 0.1) is 11.6 Å². The third-order valence-corrected chi connectivity index (χ3v) is 5.09. The van der Waals surface area contributed by atoms with Crippen molar-refractivity contribution in [2.24, 2.45) is 0 Å². The van der Waals surface area contributed by atoms with E-state index in [4.69, 9.17) is 0 Å². The molecule has 1 heterocycles. The molecular weight excluding hydrogens is 332 g/mol. The SMILES string of the molecule is CCc1cnc(CNC(=O)N(Cc2ccc(F)cc2F)C2CC2)s1. The fraction of sp³-hybridized carbons (Fsp3) is 0.412. The number of nitrogens with one attached hydrogen (secondary N) is 1. The first-order valence-corrected chi connectivity index (χ1v) is 8.80. The van der Waals surface area contributed by atoms with Gasteiger partial charge in [-0.2, -0.15) is 0 Å². The second-order valence-electron chi connectivity index (χ2n) is 5.83. The Balaban J connectivity index is 1.63. The molecule has 3 rings (SSSR count). The van der Waals surface area contributed by atoms with Gasteiger partial charge in [0.25, 0.3) is 0 Å². The summed E-state index contributed by atoms with van der Waals surface area (Å²) in [6.07, 6.45) is 4.56. The van der Waals surface area contributed by atoms with E-state index in [1.54, 1.807) is 16.2 Å². The van der Waals surface area contributed by atoms with Crippen molar-refractivity contribution in [2.75, 3.05) is 0 Å². The smallest absolute Gasteiger partial charge is 0.318 e. The van der Waals surface area contributed by atoms with Gasteiger partial charge >= 0.3 is 6.03 Å². The van der Waals surface area contributed by atoms with Gasteiger partial charge in [0.1, 0.15) is 16.6 Å². The lowest BCUT2D eigenvalue weighted by Gasteiger charge is -2.23. The molecule has 24 heavy (non-hydrogen) atoms. The van der Waals surface area contributed by atoms with Crippen molar-refractivity contribution in [3.05, 3.63) is 51.5 Å². The number of hydrogen-bond acceptors (Lipinski definition) is 3. The molecule has 2 amide bonds. The highest BCUT2D eigenvalue weighted by molar-refractivity contribution is 7.11. The highest BCUT2D eigenvalue weighted by Gasteiger charge is 2.33. The van der Waals surface area contributed by atoms with Gasteiger partial charge in [0.2, 0.25) is 0 Å². The minimum Gasteiger partial charge on any atom is -0.331 e. The van der Waals surface area contributed by atoms with Gasteiger partial charge < -0.3 is 10.2 Å². The number of halogens is 2. The third-order valence-electron chi connectivity index (χ3n) is 3.95. The molecule has 1 saturated carbocycles. The number of thiazole rings is 1. The summed E-state index contributed by atoms with van der Waals surface area (Å²) in [6.45, 7) is 2.56. The maximum Gasteiger partial charge on any atom is 0.318 e. The van der Waals surface area contributed by atoms with Gasteiger partial charge in [-0.15, -0.1) is 11.3 Å². The fourth-order valence-corrected chi connectivity index (χ4v) is 3.23. The molecule has 1 aliphatic carbocycles. The summed E-state index contributed by atoms with van der Waals surface area (Å²) in [5, 5.41) is 3.70. The van der Waals surface area contributed by atoms with Crippen molar-refractivity contribution in [3.63, 3.8) is 0 Å². The predicted octanol–water partition coefficient (Wildman–Crippen LogP) is 3.86. The summed E-state index contributed by atoms with van der Waals surface area (Å²) in [5.74, 6) is -1.24. The fourth-order valence-electron chi connectivity index (χ4n) is 2.43. The second kappa shape index (κ2) is 7.25. The molecule has 0 spiro atoms. The van der Waals surface area contributed by atoms with Gasteiger partial charge in [0.05, 0.1) is 13.1 Å². The number of urea groups is 1. The highest BCUT2D eigenvalue weighted by atomic mass is 32.1. The first kappa shape index (κ1) is 16.8. The number of amides is 2. The van der Waals surface area contributed by atoms with E-state index < -0.39 is 11.6 Å². The van der Waals surface area contributed by atoms with Gasteiger partial charge in [-0.1, -0.05) is 13.0 Å². The Morgan fingerprint density at radius 3 is 2.83 bits per heavy atom. The van der Waals surface area contributed by atoms with Crippen molar-refractivity contribution in [3.8, 4) is 0 Å². The first-order chi connectivity index (χ1) is 11.6. The van der Waals surface area contributed by atoms with Crippen molar-refractivity contribution >= 4 is 17.4 Å². The zero-order valence-electron chi connectivity index (χ0n) is 13.4. The van der Waals surface area contributed by atoms with Gasteiger partial charge in [-0.05, 0) is 25.3 Å². The second-order valence-corrected chi connectivity index (χ2v) is 7.03. The van der Waals surface area contributed by atoms with Crippen LogP contribution in [0.5, 0.6) is 0 Å². The van der Waals surface area contributed by atoms with Crippen LogP contribution in [0.15, 0.2) is 24.4 Å². The number of aromatic nitrogens is 1. The normalized spacial score (nSPS) is 13.8. The van der Waals surface area contributed by atoms with Crippen LogP contribution in [0.2, 0.25) is 0 Å². The molecule has 1 aromatic heterocycles. The molecule has 0 saturated heterocycles. The quantitative estimate of drug-likeness (QED) is 0.859. The average molecular weight is 351 g/mol. The van der Waals surface area contributed by atoms with E-state index >= 15 is 0 Å². The molecule has 0 radical (unpaired) electrons. The molecule has 4 nitrogen and oxygen atoms in total. The van der Waals surface area contributed by atoms with Gasteiger partial charge in [-0.25, -0.2) is 18.6 Å². The van der Waals surface area contributed by atoms with E-state index in [2.05, 4.69) is 17.2 Å². The molecule has 1 fully saturated rings. The van der Waals surface area contributed by atoms with Gasteiger partial charge in [0.15, 0.2) is 0 Å². The average Bonchev–Trinajstić information content (AvgIpc) is 3.29. The van der Waals surface area contributed by atoms with E-state index in [9.17, 15) is 13.6 Å². The van der Waals surface area contributed by atoms with Crippen LogP contribution in [0.4, 0.5) is 13.6 Å². The molecule has 0 bridgehead atoms. The van der Waals surface area contributed by atoms with Crippen molar-refractivity contribution in [2.45, 2.75) is 45.3 Å². The summed E-state index contributed by atoms with van der Waals surface area (Å²) in [5.41, 5.74) is 0.320. The Bertz CT molecular complexity index is 730. The lowest BCUT2D eigenvalue weighted by atomic mass is 10.2. The van der Waals surface area contributed by atoms with Crippen LogP contribution in [0.1, 0.15) is 35.2 Å². The number of nitrogens with zero attached hydrogens (tertiary/aromatic N) is 2. The van der Waals surface area contributed by atoms with Gasteiger partial charge in [-0.3, -0.25) is 0 Å². The highest BCUT2D eigenvalue weighted by Crippen LogP contribution is 2.29. The summed E-state index contributed by atoms with van der Waals surface area (Å²) in [6, 6.07) is 3.33. The van der Waals surface area contributed by atoms with Crippen molar-refractivity contribution in [1.82, 2.24) is 15.2 Å². The maximum atomic E-state index is 13.8. The predicted molar refractivity (Wildman–Crippen MR) is 88.7 cm³/mol. The van der Waals surface area contributed by atoms with Crippen LogP contribution in [0.25, 0.3) is 0 Å². The Morgan fingerprint density at radius 2 is 2.21 bits per heavy atom. The first-order valence-electron chi connectivity index (χ1n) is 7.98. The van der Waals surface area contributed by atoms with Crippen molar-refractivity contribution in [1.29, 1.82) is 0 Å². The molecule has 0 unspecified atom stereocenters. The van der Waals surface area contributed by atoms with Crippen molar-refractivity contribution < 1.29 is 13.6 Å². The summed E-state index contributed by atoms with van der Waals surface area (Å²) in [7, 11) is 0. The molecule has 128 valence electrons. The number of carbonyl (C=O) groups is 1. The Hall–Kier alpha value is -2.02. The number of aryl methyl sites for hydroxylation is 1. The maximum absolute atomic E-state index is 13.8. The topological polar surface area (TPSA) is 45.2 Å². The summed E-state index contributed by atoms with van der Waals surface area (Å²) >= 11 is 1.57. The lowest BCUT2D eigenvalue weighted by Crippen LogP contribution is -2.40. The Kier molecular flexibility index (Phi) is 5.08. The van der Waals surface area contributed by atoms with Gasteiger partial charge in [0, 0.05) is 28.7 Å². The Labute approximate surface area is 143 Å². The van der Waals surface area contributed by atoms with Crippen LogP contribution < -0.4 is 5.32 Å². The zero-order valence-corrected chi connectivity index (χ0v) is 14.2. The number of benzene rings is 1. The molecule has 2 aromatic rings. The lowest BCUT2D eigenvalue weighted by molar-refractivity contribution is 0.191. The van der Waals surface area contributed by atoms with Crippen LogP contribution in [0.3, 0.4) is 0 Å². The molecule has 1 aromatic carbocycles. The molecule has 0 aliphatic heterocycles. The molecule has 1 N–H and O–H groups in total. The largest absolute Gasteiger partial charge is 0.331 e. The molecule has 1 aliphatic rings. The number of rotatable bonds is 6.